The highest BCUT2D eigenvalue weighted by Gasteiger charge is 2.77. The minimum absolute atomic E-state index is 0.00243. The Hall–Kier alpha value is -2.86. The Kier molecular flexibility index (Phi) is 7.68. The summed E-state index contributed by atoms with van der Waals surface area (Å²) in [6.45, 7) is -1.65. The molecule has 2 spiro atoms. The number of anilines is 1. The number of ether oxygens (including phenoxy) is 1. The number of fused-ring (bicyclic) bond motifs is 3. The molecule has 1 aromatic heterocycles. The lowest BCUT2D eigenvalue weighted by molar-refractivity contribution is -0.145. The number of rotatable bonds is 6. The van der Waals surface area contributed by atoms with Crippen molar-refractivity contribution in [2.24, 2.45) is 5.41 Å². The standard InChI is InChI=1S/C30H33Cl2F2N5O4/c1-39(2)26(41)21-6-4-18(11-43-21)36-25(40)24-23(16-7-8-35-22(32)9-16)30(29(38-24)12-28(13-29,14-33)15-34)19-5-3-17(31)10-20(19)37-27(30)42/h3,5,7-10,18,21,23-24,38H,4,6,11-15H2,1-2H3,(H,36,40)(H,37,42)/t18?,21-,23-,24+,30+/m0/s1. The lowest BCUT2D eigenvalue weighted by Gasteiger charge is -2.59. The van der Waals surface area contributed by atoms with Gasteiger partial charge in [0.05, 0.1) is 32.0 Å². The topological polar surface area (TPSA) is 113 Å². The van der Waals surface area contributed by atoms with E-state index in [1.165, 1.54) is 11.1 Å². The number of carbonyl (C=O) groups is 3. The number of aromatic nitrogens is 1. The molecule has 1 unspecified atom stereocenters. The summed E-state index contributed by atoms with van der Waals surface area (Å²) in [5.41, 5.74) is -2.17. The molecule has 2 aromatic rings. The van der Waals surface area contributed by atoms with Gasteiger partial charge in [0.2, 0.25) is 11.8 Å². The largest absolute Gasteiger partial charge is 0.366 e. The van der Waals surface area contributed by atoms with Crippen molar-refractivity contribution in [1.82, 2.24) is 20.5 Å². The molecule has 43 heavy (non-hydrogen) atoms. The van der Waals surface area contributed by atoms with Crippen molar-refractivity contribution >= 4 is 46.6 Å². The molecule has 9 nitrogen and oxygen atoms in total. The third-order valence-electron chi connectivity index (χ3n) is 9.65. The molecule has 3 aliphatic heterocycles. The first-order valence-corrected chi connectivity index (χ1v) is 15.0. The van der Waals surface area contributed by atoms with Crippen molar-refractivity contribution in [3.8, 4) is 0 Å². The van der Waals surface area contributed by atoms with E-state index in [0.717, 1.165) is 0 Å². The van der Waals surface area contributed by atoms with Crippen LogP contribution in [0.4, 0.5) is 14.5 Å². The van der Waals surface area contributed by atoms with Crippen LogP contribution in [0.3, 0.4) is 0 Å². The van der Waals surface area contributed by atoms with E-state index >= 15 is 0 Å². The van der Waals surface area contributed by atoms with E-state index in [1.54, 1.807) is 44.4 Å². The fourth-order valence-electron chi connectivity index (χ4n) is 7.88. The van der Waals surface area contributed by atoms with E-state index in [2.05, 4.69) is 20.9 Å². The lowest BCUT2D eigenvalue weighted by Crippen LogP contribution is -2.70. The van der Waals surface area contributed by atoms with E-state index in [1.807, 2.05) is 0 Å². The van der Waals surface area contributed by atoms with Crippen LogP contribution >= 0.6 is 23.2 Å². The summed E-state index contributed by atoms with van der Waals surface area (Å²) < 4.78 is 34.4. The second-order valence-corrected chi connectivity index (χ2v) is 13.3. The Morgan fingerprint density at radius 1 is 1.14 bits per heavy atom. The SMILES string of the molecule is CN(C)C(=O)[C@@H]1CCC(NC(=O)[C@@H]2NC3(CC(CF)(CF)C3)[C@@]3(C(=O)Nc4cc(Cl)ccc43)[C@H]2c2ccnc(Cl)c2)CO1. The van der Waals surface area contributed by atoms with Gasteiger partial charge in [-0.05, 0) is 61.1 Å². The van der Waals surface area contributed by atoms with Crippen LogP contribution in [-0.4, -0.2) is 85.4 Å². The third-order valence-corrected chi connectivity index (χ3v) is 10.1. The number of nitrogens with one attached hydrogen (secondary N) is 3. The van der Waals surface area contributed by atoms with Crippen molar-refractivity contribution in [1.29, 1.82) is 0 Å². The predicted octanol–water partition coefficient (Wildman–Crippen LogP) is 3.54. The van der Waals surface area contributed by atoms with Gasteiger partial charge in [-0.2, -0.15) is 0 Å². The second-order valence-electron chi connectivity index (χ2n) is 12.5. The Morgan fingerprint density at radius 3 is 2.51 bits per heavy atom. The molecule has 2 saturated heterocycles. The molecule has 3 fully saturated rings. The highest BCUT2D eigenvalue weighted by Crippen LogP contribution is 2.68. The van der Waals surface area contributed by atoms with Crippen LogP contribution in [0.1, 0.15) is 42.7 Å². The number of hydrogen-bond donors (Lipinski definition) is 3. The van der Waals surface area contributed by atoms with Crippen molar-refractivity contribution in [3.05, 3.63) is 57.8 Å². The van der Waals surface area contributed by atoms with E-state index in [0.29, 0.717) is 34.7 Å². The maximum absolute atomic E-state index is 14.3. The van der Waals surface area contributed by atoms with Crippen LogP contribution in [0.15, 0.2) is 36.5 Å². The Bertz CT molecular complexity index is 1460. The molecule has 3 amide bonds. The van der Waals surface area contributed by atoms with Gasteiger partial charge in [0.15, 0.2) is 0 Å². The molecule has 6 rings (SSSR count). The molecule has 0 bridgehead atoms. The predicted molar refractivity (Wildman–Crippen MR) is 157 cm³/mol. The lowest BCUT2D eigenvalue weighted by atomic mass is 9.46. The van der Waals surface area contributed by atoms with Crippen LogP contribution in [-0.2, 0) is 24.5 Å². The van der Waals surface area contributed by atoms with Crippen molar-refractivity contribution < 1.29 is 27.9 Å². The van der Waals surface area contributed by atoms with Gasteiger partial charge in [-0.25, -0.2) is 4.98 Å². The van der Waals surface area contributed by atoms with E-state index in [-0.39, 0.29) is 42.5 Å². The number of halogens is 4. The zero-order chi connectivity index (χ0) is 30.7. The molecule has 1 aliphatic carbocycles. The fourth-order valence-corrected chi connectivity index (χ4v) is 8.23. The third kappa shape index (κ3) is 4.62. The average Bonchev–Trinajstić information content (AvgIpc) is 3.44. The Morgan fingerprint density at radius 2 is 1.88 bits per heavy atom. The van der Waals surface area contributed by atoms with Gasteiger partial charge in [0, 0.05) is 47.9 Å². The molecule has 230 valence electrons. The quantitative estimate of drug-likeness (QED) is 0.419. The summed E-state index contributed by atoms with van der Waals surface area (Å²) in [4.78, 5) is 46.5. The van der Waals surface area contributed by atoms with E-state index in [9.17, 15) is 23.2 Å². The molecule has 3 N–H and O–H groups in total. The molecular weight excluding hydrogens is 603 g/mol. The minimum Gasteiger partial charge on any atom is -0.366 e. The second kappa shape index (κ2) is 10.9. The summed E-state index contributed by atoms with van der Waals surface area (Å²) in [6.07, 6.45) is 1.88. The van der Waals surface area contributed by atoms with Gasteiger partial charge >= 0.3 is 0 Å². The Balaban J connectivity index is 1.41. The van der Waals surface area contributed by atoms with Crippen LogP contribution in [0.25, 0.3) is 0 Å². The zero-order valence-corrected chi connectivity index (χ0v) is 25.3. The Labute approximate surface area is 258 Å². The maximum Gasteiger partial charge on any atom is 0.251 e. The van der Waals surface area contributed by atoms with E-state index < -0.39 is 53.7 Å². The first-order chi connectivity index (χ1) is 20.5. The van der Waals surface area contributed by atoms with Crippen LogP contribution < -0.4 is 16.0 Å². The molecular formula is C30H33Cl2F2N5O4. The molecule has 13 heteroatoms. The van der Waals surface area contributed by atoms with Gasteiger partial charge in [-0.1, -0.05) is 29.3 Å². The monoisotopic (exact) mass is 635 g/mol. The van der Waals surface area contributed by atoms with Crippen LogP contribution in [0, 0.1) is 5.41 Å². The number of nitrogens with zero attached hydrogens (tertiary/aromatic N) is 2. The summed E-state index contributed by atoms with van der Waals surface area (Å²) in [6, 6.07) is 7.02. The van der Waals surface area contributed by atoms with Crippen LogP contribution in [0.2, 0.25) is 10.2 Å². The smallest absolute Gasteiger partial charge is 0.251 e. The summed E-state index contributed by atoms with van der Waals surface area (Å²) >= 11 is 12.6. The fraction of sp³-hybridized carbons (Fsp3) is 0.533. The molecule has 1 saturated carbocycles. The van der Waals surface area contributed by atoms with Gasteiger partial charge < -0.3 is 20.3 Å². The normalized spacial score (nSPS) is 30.0. The van der Waals surface area contributed by atoms with Crippen molar-refractivity contribution in [2.75, 3.05) is 39.4 Å². The van der Waals surface area contributed by atoms with Gasteiger partial charge in [0.1, 0.15) is 16.7 Å². The molecule has 5 atom stereocenters. The molecule has 1 aromatic carbocycles. The van der Waals surface area contributed by atoms with Crippen molar-refractivity contribution in [2.45, 2.75) is 60.7 Å². The number of benzene rings is 1. The number of carbonyl (C=O) groups excluding carboxylic acids is 3. The molecule has 0 radical (unpaired) electrons. The molecule has 4 heterocycles. The van der Waals surface area contributed by atoms with Gasteiger partial charge in [-0.15, -0.1) is 0 Å². The number of alkyl halides is 2. The summed E-state index contributed by atoms with van der Waals surface area (Å²) in [7, 11) is 3.32. The summed E-state index contributed by atoms with van der Waals surface area (Å²) in [5.74, 6) is -1.74. The van der Waals surface area contributed by atoms with Crippen molar-refractivity contribution in [3.63, 3.8) is 0 Å². The first-order valence-electron chi connectivity index (χ1n) is 14.2. The first kappa shape index (κ1) is 30.2. The van der Waals surface area contributed by atoms with Gasteiger partial charge in [-0.3, -0.25) is 28.5 Å². The maximum atomic E-state index is 14.3. The number of likely N-dealkylation sites (N-methyl/N-ethyl adjacent to an activating group) is 1. The minimum atomic E-state index is -1.42. The van der Waals surface area contributed by atoms with Crippen LogP contribution in [0.5, 0.6) is 0 Å². The highest BCUT2D eigenvalue weighted by atomic mass is 35.5. The summed E-state index contributed by atoms with van der Waals surface area (Å²) in [5, 5.41) is 10.0. The highest BCUT2D eigenvalue weighted by molar-refractivity contribution is 6.31. The zero-order valence-electron chi connectivity index (χ0n) is 23.8. The molecule has 4 aliphatic rings. The number of amides is 3. The van der Waals surface area contributed by atoms with E-state index in [4.69, 9.17) is 27.9 Å². The number of hydrogen-bond acceptors (Lipinski definition) is 6. The number of pyridine rings is 1. The van der Waals surface area contributed by atoms with Gasteiger partial charge in [0.25, 0.3) is 5.91 Å². The average molecular weight is 637 g/mol.